The Morgan fingerprint density at radius 1 is 1.09 bits per heavy atom. The van der Waals surface area contributed by atoms with Gasteiger partial charge in [0.05, 0.1) is 11.9 Å². The molecule has 0 aromatic carbocycles. The lowest BCUT2D eigenvalue weighted by atomic mass is 9.99. The van der Waals surface area contributed by atoms with Crippen LogP contribution < -0.4 is 4.74 Å². The van der Waals surface area contributed by atoms with Gasteiger partial charge in [-0.1, -0.05) is 6.07 Å². The molecule has 2 aromatic heterocycles. The minimum atomic E-state index is 0.336. The monoisotopic (exact) mass is 295 g/mol. The van der Waals surface area contributed by atoms with Gasteiger partial charge >= 0.3 is 0 Å². The van der Waals surface area contributed by atoms with Gasteiger partial charge < -0.3 is 4.74 Å². The van der Waals surface area contributed by atoms with E-state index in [2.05, 4.69) is 27.0 Å². The summed E-state index contributed by atoms with van der Waals surface area (Å²) in [6, 6.07) is 10.1. The number of likely N-dealkylation sites (tertiary alicyclic amines) is 1. The molecule has 4 heteroatoms. The standard InChI is InChI=1S/C18H21N3O/c1-2-9-20-15(4-1)12-21-11-14-6-7-18(17(14)13-21)22-16-5-3-8-19-10-16/h1-5,8-10,14,17-18H,6-7,11-13H2/t14-,17+,18-/m1/s1. The van der Waals surface area contributed by atoms with Crippen molar-refractivity contribution >= 4 is 0 Å². The summed E-state index contributed by atoms with van der Waals surface area (Å²) in [5.41, 5.74) is 1.16. The van der Waals surface area contributed by atoms with E-state index < -0.39 is 0 Å². The predicted octanol–water partition coefficient (Wildman–Crippen LogP) is 2.77. The Morgan fingerprint density at radius 3 is 2.91 bits per heavy atom. The van der Waals surface area contributed by atoms with E-state index in [1.807, 2.05) is 30.6 Å². The molecule has 2 fully saturated rings. The summed E-state index contributed by atoms with van der Waals surface area (Å²) in [6.45, 7) is 3.24. The number of hydrogen-bond donors (Lipinski definition) is 0. The molecule has 4 nitrogen and oxygen atoms in total. The molecule has 2 aromatic rings. The highest BCUT2D eigenvalue weighted by Gasteiger charge is 2.43. The minimum absolute atomic E-state index is 0.336. The van der Waals surface area contributed by atoms with Crippen molar-refractivity contribution in [3.8, 4) is 5.75 Å². The Balaban J connectivity index is 1.39. The maximum absolute atomic E-state index is 6.18. The Kier molecular flexibility index (Phi) is 3.77. The molecule has 1 aliphatic carbocycles. The second-order valence-electron chi connectivity index (χ2n) is 6.36. The van der Waals surface area contributed by atoms with Gasteiger partial charge in [-0.05, 0) is 43.0 Å². The van der Waals surface area contributed by atoms with Gasteiger partial charge in [0, 0.05) is 37.9 Å². The molecule has 3 heterocycles. The topological polar surface area (TPSA) is 38.2 Å². The number of pyridine rings is 2. The van der Waals surface area contributed by atoms with E-state index >= 15 is 0 Å². The van der Waals surface area contributed by atoms with Crippen molar-refractivity contribution in [3.63, 3.8) is 0 Å². The van der Waals surface area contributed by atoms with Gasteiger partial charge in [0.15, 0.2) is 0 Å². The smallest absolute Gasteiger partial charge is 0.138 e. The van der Waals surface area contributed by atoms with Crippen molar-refractivity contribution in [2.45, 2.75) is 25.5 Å². The van der Waals surface area contributed by atoms with Gasteiger partial charge in [0.2, 0.25) is 0 Å². The van der Waals surface area contributed by atoms with Crippen LogP contribution in [0, 0.1) is 11.8 Å². The summed E-state index contributed by atoms with van der Waals surface area (Å²) in [5, 5.41) is 0. The fraction of sp³-hybridized carbons (Fsp3) is 0.444. The first kappa shape index (κ1) is 13.7. The summed E-state index contributed by atoms with van der Waals surface area (Å²) < 4.78 is 6.18. The molecule has 4 rings (SSSR count). The molecule has 2 aliphatic rings. The second-order valence-corrected chi connectivity index (χ2v) is 6.36. The van der Waals surface area contributed by atoms with Crippen LogP contribution in [0.2, 0.25) is 0 Å². The molecule has 1 saturated carbocycles. The zero-order chi connectivity index (χ0) is 14.8. The minimum Gasteiger partial charge on any atom is -0.488 e. The van der Waals surface area contributed by atoms with Crippen LogP contribution in [0.15, 0.2) is 48.9 Å². The van der Waals surface area contributed by atoms with Gasteiger partial charge in [0.25, 0.3) is 0 Å². The Labute approximate surface area is 131 Å². The van der Waals surface area contributed by atoms with Crippen molar-refractivity contribution < 1.29 is 4.74 Å². The number of ether oxygens (including phenoxy) is 1. The molecular formula is C18H21N3O. The predicted molar refractivity (Wildman–Crippen MR) is 84.4 cm³/mol. The van der Waals surface area contributed by atoms with E-state index in [1.54, 1.807) is 6.20 Å². The summed E-state index contributed by atoms with van der Waals surface area (Å²) in [5.74, 6) is 2.31. The lowest BCUT2D eigenvalue weighted by molar-refractivity contribution is 0.147. The first-order chi connectivity index (χ1) is 10.9. The van der Waals surface area contributed by atoms with Crippen LogP contribution in [0.25, 0.3) is 0 Å². The summed E-state index contributed by atoms with van der Waals surface area (Å²) in [7, 11) is 0. The zero-order valence-corrected chi connectivity index (χ0v) is 12.6. The highest BCUT2D eigenvalue weighted by Crippen LogP contribution is 2.40. The van der Waals surface area contributed by atoms with Gasteiger partial charge in [-0.15, -0.1) is 0 Å². The van der Waals surface area contributed by atoms with E-state index in [9.17, 15) is 0 Å². The van der Waals surface area contributed by atoms with E-state index in [-0.39, 0.29) is 0 Å². The van der Waals surface area contributed by atoms with E-state index in [0.717, 1.165) is 30.5 Å². The SMILES string of the molecule is c1ccc(CN2C[C@H]3CC[C@@H](Oc4cccnc4)[C@H]3C2)nc1. The molecule has 22 heavy (non-hydrogen) atoms. The molecule has 0 spiro atoms. The number of rotatable bonds is 4. The van der Waals surface area contributed by atoms with Gasteiger partial charge in [-0.3, -0.25) is 14.9 Å². The van der Waals surface area contributed by atoms with Crippen LogP contribution in [-0.4, -0.2) is 34.1 Å². The van der Waals surface area contributed by atoms with Crippen LogP contribution in [0.4, 0.5) is 0 Å². The van der Waals surface area contributed by atoms with Crippen molar-refractivity contribution in [2.75, 3.05) is 13.1 Å². The largest absolute Gasteiger partial charge is 0.488 e. The maximum atomic E-state index is 6.18. The third-order valence-electron chi connectivity index (χ3n) is 4.90. The average molecular weight is 295 g/mol. The van der Waals surface area contributed by atoms with Crippen LogP contribution in [0.3, 0.4) is 0 Å². The second kappa shape index (κ2) is 6.05. The fourth-order valence-corrected chi connectivity index (χ4v) is 3.90. The first-order valence-corrected chi connectivity index (χ1v) is 8.07. The molecule has 0 unspecified atom stereocenters. The van der Waals surface area contributed by atoms with Gasteiger partial charge in [0.1, 0.15) is 11.9 Å². The Morgan fingerprint density at radius 2 is 2.09 bits per heavy atom. The molecular weight excluding hydrogens is 274 g/mol. The van der Waals surface area contributed by atoms with Gasteiger partial charge in [-0.25, -0.2) is 0 Å². The quantitative estimate of drug-likeness (QED) is 0.869. The average Bonchev–Trinajstić information content (AvgIpc) is 3.11. The molecule has 0 N–H and O–H groups in total. The third kappa shape index (κ3) is 2.83. The maximum Gasteiger partial charge on any atom is 0.138 e. The van der Waals surface area contributed by atoms with Crippen molar-refractivity contribution in [2.24, 2.45) is 11.8 Å². The van der Waals surface area contributed by atoms with Crippen LogP contribution in [0.1, 0.15) is 18.5 Å². The molecule has 3 atom stereocenters. The van der Waals surface area contributed by atoms with E-state index in [1.165, 1.54) is 19.4 Å². The molecule has 0 radical (unpaired) electrons. The van der Waals surface area contributed by atoms with Crippen molar-refractivity contribution in [1.29, 1.82) is 0 Å². The fourth-order valence-electron chi connectivity index (χ4n) is 3.90. The van der Waals surface area contributed by atoms with E-state index in [0.29, 0.717) is 12.0 Å². The van der Waals surface area contributed by atoms with Crippen LogP contribution in [-0.2, 0) is 6.54 Å². The van der Waals surface area contributed by atoms with Crippen LogP contribution >= 0.6 is 0 Å². The van der Waals surface area contributed by atoms with E-state index in [4.69, 9.17) is 4.74 Å². The Hall–Kier alpha value is -1.94. The zero-order valence-electron chi connectivity index (χ0n) is 12.6. The van der Waals surface area contributed by atoms with Crippen molar-refractivity contribution in [1.82, 2.24) is 14.9 Å². The third-order valence-corrected chi connectivity index (χ3v) is 4.90. The van der Waals surface area contributed by atoms with Crippen LogP contribution in [0.5, 0.6) is 5.75 Å². The number of nitrogens with zero attached hydrogens (tertiary/aromatic N) is 3. The summed E-state index contributed by atoms with van der Waals surface area (Å²) in [4.78, 5) is 11.1. The Bertz CT molecular complexity index is 604. The lowest BCUT2D eigenvalue weighted by Gasteiger charge is -2.21. The number of fused-ring (bicyclic) bond motifs is 1. The molecule has 1 saturated heterocycles. The van der Waals surface area contributed by atoms with Crippen molar-refractivity contribution in [3.05, 3.63) is 54.6 Å². The molecule has 1 aliphatic heterocycles. The van der Waals surface area contributed by atoms with Gasteiger partial charge in [-0.2, -0.15) is 0 Å². The molecule has 0 amide bonds. The molecule has 0 bridgehead atoms. The number of aromatic nitrogens is 2. The highest BCUT2D eigenvalue weighted by atomic mass is 16.5. The molecule has 114 valence electrons. The lowest BCUT2D eigenvalue weighted by Crippen LogP contribution is -2.28. The number of hydrogen-bond acceptors (Lipinski definition) is 4. The first-order valence-electron chi connectivity index (χ1n) is 8.07. The highest BCUT2D eigenvalue weighted by molar-refractivity contribution is 5.16. The normalized spacial score (nSPS) is 27.7. The summed E-state index contributed by atoms with van der Waals surface area (Å²) in [6.07, 6.45) is 8.25. The summed E-state index contributed by atoms with van der Waals surface area (Å²) >= 11 is 0.